The van der Waals surface area contributed by atoms with E-state index < -0.39 is 0 Å². The molecule has 2 aromatic heterocycles. The second-order valence-electron chi connectivity index (χ2n) is 7.28. The monoisotopic (exact) mass is 410 g/mol. The first kappa shape index (κ1) is 19.8. The summed E-state index contributed by atoms with van der Waals surface area (Å²) in [6, 6.07) is 14.3. The molecule has 1 amide bonds. The molecule has 7 heteroatoms. The Morgan fingerprint density at radius 2 is 1.97 bits per heavy atom. The van der Waals surface area contributed by atoms with E-state index in [0.29, 0.717) is 13.2 Å². The number of fused-ring (bicyclic) bond motifs is 1. The topological polar surface area (TPSA) is 67.3 Å². The van der Waals surface area contributed by atoms with Crippen LogP contribution in [0.5, 0.6) is 0 Å². The van der Waals surface area contributed by atoms with Crippen LogP contribution in [0.2, 0.25) is 0 Å². The summed E-state index contributed by atoms with van der Waals surface area (Å²) in [4.78, 5) is 25.1. The van der Waals surface area contributed by atoms with Crippen LogP contribution in [0.25, 0.3) is 21.6 Å². The van der Waals surface area contributed by atoms with Crippen LogP contribution in [0.15, 0.2) is 42.5 Å². The highest BCUT2D eigenvalue weighted by Gasteiger charge is 2.26. The Bertz CT molecular complexity index is 952. The molecule has 1 saturated heterocycles. The first-order valence-corrected chi connectivity index (χ1v) is 10.9. The molecule has 1 aliphatic rings. The number of carbonyl (C=O) groups is 1. The molecule has 0 unspecified atom stereocenters. The highest BCUT2D eigenvalue weighted by Crippen LogP contribution is 2.32. The zero-order chi connectivity index (χ0) is 20.1. The summed E-state index contributed by atoms with van der Waals surface area (Å²) in [5.74, 6) is 0.255. The van der Waals surface area contributed by atoms with Crippen molar-refractivity contribution in [2.24, 2.45) is 5.92 Å². The number of rotatable bonds is 7. The Balaban J connectivity index is 1.38. The Morgan fingerprint density at radius 1 is 1.17 bits per heavy atom. The lowest BCUT2D eigenvalue weighted by Gasteiger charge is -2.30. The maximum absolute atomic E-state index is 12.3. The van der Waals surface area contributed by atoms with Crippen LogP contribution in [-0.4, -0.2) is 49.2 Å². The number of ether oxygens (including phenoxy) is 1. The van der Waals surface area contributed by atoms with Crippen LogP contribution >= 0.6 is 11.3 Å². The minimum Gasteiger partial charge on any atom is -0.385 e. The van der Waals surface area contributed by atoms with Crippen molar-refractivity contribution >= 4 is 32.7 Å². The van der Waals surface area contributed by atoms with Crippen LogP contribution in [0.1, 0.15) is 19.3 Å². The minimum absolute atomic E-state index is 0.0889. The van der Waals surface area contributed by atoms with E-state index in [-0.39, 0.29) is 11.8 Å². The van der Waals surface area contributed by atoms with Crippen LogP contribution in [0.4, 0.5) is 5.13 Å². The van der Waals surface area contributed by atoms with E-state index >= 15 is 0 Å². The molecule has 0 saturated carbocycles. The van der Waals surface area contributed by atoms with E-state index in [1.807, 2.05) is 30.3 Å². The maximum atomic E-state index is 12.3. The van der Waals surface area contributed by atoms with Gasteiger partial charge in [0.2, 0.25) is 5.91 Å². The number of thiazole rings is 1. The molecule has 6 nitrogen and oxygen atoms in total. The summed E-state index contributed by atoms with van der Waals surface area (Å²) in [6.07, 6.45) is 2.56. The fraction of sp³-hybridized carbons (Fsp3) is 0.409. The van der Waals surface area contributed by atoms with E-state index in [0.717, 1.165) is 59.1 Å². The van der Waals surface area contributed by atoms with Crippen LogP contribution in [0.3, 0.4) is 0 Å². The van der Waals surface area contributed by atoms with Crippen LogP contribution in [-0.2, 0) is 9.53 Å². The molecule has 0 aliphatic carbocycles. The van der Waals surface area contributed by atoms with E-state index in [1.165, 1.54) is 0 Å². The van der Waals surface area contributed by atoms with Gasteiger partial charge in [0.25, 0.3) is 0 Å². The van der Waals surface area contributed by atoms with Crippen molar-refractivity contribution in [2.45, 2.75) is 19.3 Å². The lowest BCUT2D eigenvalue weighted by atomic mass is 9.96. The standard InChI is InChI=1S/C22H26N4O2S/c1-28-15-5-12-23-20(27)17-10-13-26(14-11-17)22-25-19-9-8-18(24-21(19)29-22)16-6-3-2-4-7-16/h2-4,6-9,17H,5,10-15H2,1H3,(H,23,27). The van der Waals surface area contributed by atoms with E-state index in [1.54, 1.807) is 18.4 Å². The summed E-state index contributed by atoms with van der Waals surface area (Å²) < 4.78 is 5.02. The summed E-state index contributed by atoms with van der Waals surface area (Å²) >= 11 is 1.63. The van der Waals surface area contributed by atoms with Gasteiger partial charge in [0.15, 0.2) is 5.13 Å². The van der Waals surface area contributed by atoms with E-state index in [2.05, 4.69) is 22.3 Å². The first-order valence-electron chi connectivity index (χ1n) is 10.1. The van der Waals surface area contributed by atoms with Crippen molar-refractivity contribution in [3.8, 4) is 11.3 Å². The molecule has 0 spiro atoms. The molecule has 0 radical (unpaired) electrons. The van der Waals surface area contributed by atoms with Gasteiger partial charge in [0.05, 0.1) is 5.69 Å². The molecule has 4 rings (SSSR count). The van der Waals surface area contributed by atoms with Gasteiger partial charge in [-0.2, -0.15) is 0 Å². The van der Waals surface area contributed by atoms with Crippen molar-refractivity contribution in [3.63, 3.8) is 0 Å². The van der Waals surface area contributed by atoms with E-state index in [4.69, 9.17) is 14.7 Å². The molecular formula is C22H26N4O2S. The lowest BCUT2D eigenvalue weighted by molar-refractivity contribution is -0.125. The number of nitrogens with one attached hydrogen (secondary N) is 1. The second-order valence-corrected chi connectivity index (χ2v) is 8.24. The average molecular weight is 411 g/mol. The quantitative estimate of drug-likeness (QED) is 0.601. The van der Waals surface area contributed by atoms with Gasteiger partial charge in [-0.25, -0.2) is 9.97 Å². The molecule has 3 aromatic rings. The maximum Gasteiger partial charge on any atom is 0.223 e. The zero-order valence-electron chi connectivity index (χ0n) is 16.6. The highest BCUT2D eigenvalue weighted by molar-refractivity contribution is 7.21. The fourth-order valence-corrected chi connectivity index (χ4v) is 4.61. The summed E-state index contributed by atoms with van der Waals surface area (Å²) in [5.41, 5.74) is 3.02. The van der Waals surface area contributed by atoms with E-state index in [9.17, 15) is 4.79 Å². The summed E-state index contributed by atoms with van der Waals surface area (Å²) in [7, 11) is 1.68. The largest absolute Gasteiger partial charge is 0.385 e. The van der Waals surface area contributed by atoms with Crippen molar-refractivity contribution in [1.82, 2.24) is 15.3 Å². The van der Waals surface area contributed by atoms with Crippen molar-refractivity contribution in [3.05, 3.63) is 42.5 Å². The van der Waals surface area contributed by atoms with Gasteiger partial charge in [-0.1, -0.05) is 41.7 Å². The smallest absolute Gasteiger partial charge is 0.223 e. The number of benzene rings is 1. The van der Waals surface area contributed by atoms with Gasteiger partial charge < -0.3 is 15.0 Å². The number of hydrogen-bond donors (Lipinski definition) is 1. The molecule has 1 N–H and O–H groups in total. The Hall–Kier alpha value is -2.51. The summed E-state index contributed by atoms with van der Waals surface area (Å²) in [6.45, 7) is 3.06. The van der Waals surface area contributed by atoms with Gasteiger partial charge in [-0.05, 0) is 31.4 Å². The molecule has 0 bridgehead atoms. The molecule has 1 aromatic carbocycles. The Kier molecular flexibility index (Phi) is 6.36. The number of methoxy groups -OCH3 is 1. The molecule has 29 heavy (non-hydrogen) atoms. The van der Waals surface area contributed by atoms with Gasteiger partial charge >= 0.3 is 0 Å². The van der Waals surface area contributed by atoms with Gasteiger partial charge in [-0.15, -0.1) is 0 Å². The molecule has 1 fully saturated rings. The number of amides is 1. The number of hydrogen-bond acceptors (Lipinski definition) is 6. The third-order valence-corrected chi connectivity index (χ3v) is 6.30. The molecule has 0 atom stereocenters. The molecular weight excluding hydrogens is 384 g/mol. The van der Waals surface area contributed by atoms with Crippen molar-refractivity contribution in [2.75, 3.05) is 38.3 Å². The number of nitrogens with zero attached hydrogens (tertiary/aromatic N) is 3. The number of pyridine rings is 1. The number of aromatic nitrogens is 2. The average Bonchev–Trinajstić information content (AvgIpc) is 3.21. The molecule has 1 aliphatic heterocycles. The third kappa shape index (κ3) is 4.74. The minimum atomic E-state index is 0.0889. The molecule has 152 valence electrons. The van der Waals surface area contributed by atoms with Crippen LogP contribution in [0, 0.1) is 5.92 Å². The highest BCUT2D eigenvalue weighted by atomic mass is 32.1. The Morgan fingerprint density at radius 3 is 2.72 bits per heavy atom. The lowest BCUT2D eigenvalue weighted by Crippen LogP contribution is -2.40. The Labute approximate surface area is 174 Å². The van der Waals surface area contributed by atoms with Crippen molar-refractivity contribution in [1.29, 1.82) is 0 Å². The van der Waals surface area contributed by atoms with Gasteiger partial charge in [0, 0.05) is 44.8 Å². The fourth-order valence-electron chi connectivity index (χ4n) is 3.62. The molecule has 3 heterocycles. The SMILES string of the molecule is COCCCNC(=O)C1CCN(c2nc3ccc(-c4ccccc4)nc3s2)CC1. The first-order chi connectivity index (χ1) is 14.2. The summed E-state index contributed by atoms with van der Waals surface area (Å²) in [5, 5.41) is 4.02. The predicted molar refractivity (Wildman–Crippen MR) is 117 cm³/mol. The van der Waals surface area contributed by atoms with Gasteiger partial charge in [0.1, 0.15) is 10.3 Å². The predicted octanol–water partition coefficient (Wildman–Crippen LogP) is 3.73. The van der Waals surface area contributed by atoms with Crippen LogP contribution < -0.4 is 10.2 Å². The number of piperidine rings is 1. The number of anilines is 1. The third-order valence-electron chi connectivity index (χ3n) is 5.27. The zero-order valence-corrected chi connectivity index (χ0v) is 17.5. The number of carbonyl (C=O) groups excluding carboxylic acids is 1. The van der Waals surface area contributed by atoms with Crippen molar-refractivity contribution < 1.29 is 9.53 Å². The second kappa shape index (κ2) is 9.33. The normalized spacial score (nSPS) is 15.0. The van der Waals surface area contributed by atoms with Gasteiger partial charge in [-0.3, -0.25) is 4.79 Å².